The molecule has 2 aliphatic rings. The molecule has 0 aromatic heterocycles. The van der Waals surface area contributed by atoms with Gasteiger partial charge in [-0.15, -0.1) is 0 Å². The minimum Gasteiger partial charge on any atom is -0.452 e. The average Bonchev–Trinajstić information content (AvgIpc) is 2.42. The van der Waals surface area contributed by atoms with Gasteiger partial charge < -0.3 is 4.42 Å². The highest BCUT2D eigenvalue weighted by Gasteiger charge is 2.31. The largest absolute Gasteiger partial charge is 0.452 e. The number of halogens is 3. The molecule has 0 bridgehead atoms. The maximum atomic E-state index is 12.7. The molecule has 0 N–H and O–H groups in total. The second-order valence-electron chi connectivity index (χ2n) is 4.89. The van der Waals surface area contributed by atoms with Crippen molar-refractivity contribution in [3.63, 3.8) is 0 Å². The fourth-order valence-corrected chi connectivity index (χ4v) is 2.20. The maximum Gasteiger partial charge on any atom is 0.416 e. The zero-order valence-corrected chi connectivity index (χ0v) is 11.2. The number of hydrogen-bond acceptors (Lipinski definition) is 3. The Hall–Kier alpha value is -2.37. The predicted octanol–water partition coefficient (Wildman–Crippen LogP) is 3.93. The molecular formula is C15H10F3NO2. The molecule has 0 spiro atoms. The number of benzene rings is 2. The minimum atomic E-state index is -4.45. The van der Waals surface area contributed by atoms with Crippen LogP contribution in [0.15, 0.2) is 33.5 Å². The van der Waals surface area contributed by atoms with Gasteiger partial charge in [-0.1, -0.05) is 0 Å². The van der Waals surface area contributed by atoms with Crippen molar-refractivity contribution >= 4 is 11.1 Å². The first kappa shape index (κ1) is 13.6. The lowest BCUT2D eigenvalue weighted by Gasteiger charge is -2.12. The first-order valence-corrected chi connectivity index (χ1v) is 6.19. The van der Waals surface area contributed by atoms with Crippen molar-refractivity contribution in [2.75, 3.05) is 0 Å². The van der Waals surface area contributed by atoms with Crippen LogP contribution in [-0.2, 0) is 6.18 Å². The van der Waals surface area contributed by atoms with E-state index in [-0.39, 0.29) is 16.8 Å². The summed E-state index contributed by atoms with van der Waals surface area (Å²) in [5.74, 6) is 0.229. The standard InChI is InChI=1S/C15H10F3NO2/c1-7-5-11(20)8(2)14-13(7)19-10-4-3-9(15(16,17)18)6-12(10)21-14/h3-6H,1-2H3. The number of hydrogen-bond donors (Lipinski definition) is 0. The Bertz CT molecular complexity index is 881. The summed E-state index contributed by atoms with van der Waals surface area (Å²) < 4.78 is 43.7. The third-order valence-electron chi connectivity index (χ3n) is 3.38. The number of rotatable bonds is 0. The van der Waals surface area contributed by atoms with Crippen LogP contribution in [0.25, 0.3) is 22.6 Å². The van der Waals surface area contributed by atoms with Gasteiger partial charge in [-0.2, -0.15) is 13.2 Å². The van der Waals surface area contributed by atoms with Crippen LogP contribution in [0.2, 0.25) is 0 Å². The summed E-state index contributed by atoms with van der Waals surface area (Å²) in [4.78, 5) is 16.1. The van der Waals surface area contributed by atoms with E-state index < -0.39 is 11.7 Å². The second kappa shape index (κ2) is 4.31. The van der Waals surface area contributed by atoms with E-state index in [1.54, 1.807) is 13.8 Å². The molecule has 108 valence electrons. The summed E-state index contributed by atoms with van der Waals surface area (Å²) in [6.45, 7) is 3.27. The number of aryl methyl sites for hydroxylation is 1. The van der Waals surface area contributed by atoms with E-state index >= 15 is 0 Å². The maximum absolute atomic E-state index is 12.7. The Morgan fingerprint density at radius 3 is 2.52 bits per heavy atom. The molecule has 1 aliphatic heterocycles. The minimum absolute atomic E-state index is 0.00502. The molecule has 3 rings (SSSR count). The third kappa shape index (κ3) is 2.16. The second-order valence-corrected chi connectivity index (χ2v) is 4.89. The molecule has 1 aromatic carbocycles. The molecule has 1 heterocycles. The number of fused-ring (bicyclic) bond motifs is 2. The van der Waals surface area contributed by atoms with Gasteiger partial charge in [0.2, 0.25) is 0 Å². The summed E-state index contributed by atoms with van der Waals surface area (Å²) in [6.07, 6.45) is -4.45. The third-order valence-corrected chi connectivity index (χ3v) is 3.38. The fourth-order valence-electron chi connectivity index (χ4n) is 2.20. The molecule has 0 saturated heterocycles. The Morgan fingerprint density at radius 1 is 1.14 bits per heavy atom. The molecule has 0 amide bonds. The summed E-state index contributed by atoms with van der Waals surface area (Å²) in [7, 11) is 0. The lowest BCUT2D eigenvalue weighted by Crippen LogP contribution is -2.09. The highest BCUT2D eigenvalue weighted by Crippen LogP contribution is 2.34. The van der Waals surface area contributed by atoms with Crippen molar-refractivity contribution in [2.45, 2.75) is 20.0 Å². The molecule has 6 heteroatoms. The Balaban J connectivity index is 2.40. The first-order valence-electron chi connectivity index (χ1n) is 6.19. The molecule has 3 nitrogen and oxygen atoms in total. The van der Waals surface area contributed by atoms with Crippen LogP contribution in [0.3, 0.4) is 0 Å². The van der Waals surface area contributed by atoms with Crippen LogP contribution in [0.5, 0.6) is 0 Å². The van der Waals surface area contributed by atoms with Crippen LogP contribution in [-0.4, -0.2) is 4.98 Å². The van der Waals surface area contributed by atoms with Crippen LogP contribution in [0.4, 0.5) is 13.2 Å². The van der Waals surface area contributed by atoms with Crippen molar-refractivity contribution in [1.29, 1.82) is 0 Å². The van der Waals surface area contributed by atoms with Crippen LogP contribution < -0.4 is 5.43 Å². The molecule has 1 aliphatic carbocycles. The van der Waals surface area contributed by atoms with Crippen LogP contribution >= 0.6 is 0 Å². The lowest BCUT2D eigenvalue weighted by atomic mass is 10.0. The quantitative estimate of drug-likeness (QED) is 0.590. The van der Waals surface area contributed by atoms with Gasteiger partial charge in [-0.25, -0.2) is 4.98 Å². The van der Waals surface area contributed by atoms with Gasteiger partial charge in [0.1, 0.15) is 11.2 Å². The van der Waals surface area contributed by atoms with Gasteiger partial charge in [-0.05, 0) is 43.7 Å². The Labute approximate surface area is 117 Å². The van der Waals surface area contributed by atoms with Crippen LogP contribution in [0, 0.1) is 13.8 Å². The average molecular weight is 293 g/mol. The fraction of sp³-hybridized carbons (Fsp3) is 0.200. The van der Waals surface area contributed by atoms with Gasteiger partial charge in [-0.3, -0.25) is 4.79 Å². The van der Waals surface area contributed by atoms with Gasteiger partial charge in [0.05, 0.1) is 5.56 Å². The smallest absolute Gasteiger partial charge is 0.416 e. The van der Waals surface area contributed by atoms with E-state index in [0.717, 1.165) is 12.1 Å². The number of aromatic nitrogens is 1. The topological polar surface area (TPSA) is 43.1 Å². The Morgan fingerprint density at radius 2 is 1.86 bits per heavy atom. The van der Waals surface area contributed by atoms with Gasteiger partial charge in [0.25, 0.3) is 0 Å². The summed E-state index contributed by atoms with van der Waals surface area (Å²) >= 11 is 0. The molecule has 0 fully saturated rings. The zero-order chi connectivity index (χ0) is 15.4. The van der Waals surface area contributed by atoms with E-state index in [9.17, 15) is 18.0 Å². The van der Waals surface area contributed by atoms with Crippen molar-refractivity contribution in [1.82, 2.24) is 4.98 Å². The van der Waals surface area contributed by atoms with Gasteiger partial charge >= 0.3 is 6.18 Å². The van der Waals surface area contributed by atoms with E-state index in [1.165, 1.54) is 12.1 Å². The molecule has 0 radical (unpaired) electrons. The molecule has 21 heavy (non-hydrogen) atoms. The normalized spacial score (nSPS) is 12.2. The molecular weight excluding hydrogens is 283 g/mol. The van der Waals surface area contributed by atoms with Crippen molar-refractivity contribution in [3.05, 3.63) is 51.2 Å². The molecule has 0 unspecified atom stereocenters. The van der Waals surface area contributed by atoms with E-state index in [1.807, 2.05) is 0 Å². The van der Waals surface area contributed by atoms with E-state index in [2.05, 4.69) is 4.98 Å². The van der Waals surface area contributed by atoms with Crippen molar-refractivity contribution < 1.29 is 17.6 Å². The Kier molecular flexibility index (Phi) is 2.79. The monoisotopic (exact) mass is 293 g/mol. The summed E-state index contributed by atoms with van der Waals surface area (Å²) in [5.41, 5.74) is 0.736. The highest BCUT2D eigenvalue weighted by molar-refractivity contribution is 5.78. The summed E-state index contributed by atoms with van der Waals surface area (Å²) in [5, 5.41) is 0. The molecule has 1 aromatic rings. The van der Waals surface area contributed by atoms with Gasteiger partial charge in [0, 0.05) is 5.56 Å². The molecule has 0 saturated carbocycles. The molecule has 0 atom stereocenters. The predicted molar refractivity (Wildman–Crippen MR) is 71.4 cm³/mol. The first-order chi connectivity index (χ1) is 9.77. The zero-order valence-electron chi connectivity index (χ0n) is 11.2. The number of alkyl halides is 3. The summed E-state index contributed by atoms with van der Waals surface area (Å²) in [6, 6.07) is 4.56. The number of nitrogens with zero attached hydrogens (tertiary/aromatic N) is 1. The lowest BCUT2D eigenvalue weighted by molar-refractivity contribution is -0.137. The van der Waals surface area contributed by atoms with Crippen molar-refractivity contribution in [2.24, 2.45) is 0 Å². The highest BCUT2D eigenvalue weighted by atomic mass is 19.4. The van der Waals surface area contributed by atoms with Crippen LogP contribution in [0.1, 0.15) is 16.7 Å². The van der Waals surface area contributed by atoms with E-state index in [0.29, 0.717) is 22.3 Å². The van der Waals surface area contributed by atoms with E-state index in [4.69, 9.17) is 4.42 Å². The van der Waals surface area contributed by atoms with Gasteiger partial charge in [0.15, 0.2) is 16.8 Å². The SMILES string of the molecule is Cc1cc(=O)c(C)c2oc3cc(C(F)(F)F)ccc3nc1-2. The van der Waals surface area contributed by atoms with Crippen molar-refractivity contribution in [3.8, 4) is 11.5 Å².